The highest BCUT2D eigenvalue weighted by molar-refractivity contribution is 5.88. The minimum absolute atomic E-state index is 0.113. The van der Waals surface area contributed by atoms with Crippen molar-refractivity contribution in [1.82, 2.24) is 5.32 Å². The van der Waals surface area contributed by atoms with Crippen molar-refractivity contribution in [2.24, 2.45) is 0 Å². The molecule has 0 spiro atoms. The molecule has 2 rings (SSSR count). The van der Waals surface area contributed by atoms with Crippen molar-refractivity contribution >= 4 is 17.5 Å². The van der Waals surface area contributed by atoms with E-state index >= 15 is 0 Å². The van der Waals surface area contributed by atoms with Gasteiger partial charge in [-0.2, -0.15) is 13.2 Å². The molecule has 2 aromatic rings. The maximum atomic E-state index is 12.1. The second kappa shape index (κ2) is 9.07. The second-order valence-electron chi connectivity index (χ2n) is 5.88. The zero-order valence-corrected chi connectivity index (χ0v) is 14.6. The topological polar surface area (TPSA) is 67.4 Å². The monoisotopic (exact) mass is 380 g/mol. The molecular weight excluding hydrogens is 361 g/mol. The number of rotatable bonds is 7. The molecule has 8 heteroatoms. The number of hydrogen-bond acceptors (Lipinski definition) is 3. The quantitative estimate of drug-likeness (QED) is 0.773. The van der Waals surface area contributed by atoms with E-state index in [1.165, 1.54) is 19.1 Å². The van der Waals surface area contributed by atoms with E-state index in [2.05, 4.69) is 15.4 Å². The van der Waals surface area contributed by atoms with E-state index in [-0.39, 0.29) is 30.5 Å². The predicted octanol–water partition coefficient (Wildman–Crippen LogP) is 3.45. The Morgan fingerprint density at radius 1 is 0.963 bits per heavy atom. The zero-order chi connectivity index (χ0) is 19.9. The first kappa shape index (κ1) is 20.3. The summed E-state index contributed by atoms with van der Waals surface area (Å²) in [6.07, 6.45) is -4.21. The Morgan fingerprint density at radius 3 is 2.11 bits per heavy atom. The Labute approximate surface area is 154 Å². The maximum Gasteiger partial charge on any atom is 0.422 e. The summed E-state index contributed by atoms with van der Waals surface area (Å²) in [5.74, 6) is -0.253. The Morgan fingerprint density at radius 2 is 1.56 bits per heavy atom. The lowest BCUT2D eigenvalue weighted by Gasteiger charge is -2.10. The molecule has 0 aromatic heterocycles. The Balaban J connectivity index is 1.78. The van der Waals surface area contributed by atoms with Gasteiger partial charge >= 0.3 is 6.18 Å². The van der Waals surface area contributed by atoms with Gasteiger partial charge in [-0.1, -0.05) is 24.3 Å². The van der Waals surface area contributed by atoms with Crippen LogP contribution in [0.15, 0.2) is 48.5 Å². The third-order valence-electron chi connectivity index (χ3n) is 3.45. The lowest BCUT2D eigenvalue weighted by Crippen LogP contribution is -2.24. The van der Waals surface area contributed by atoms with Gasteiger partial charge in [0.1, 0.15) is 5.75 Å². The van der Waals surface area contributed by atoms with Gasteiger partial charge in [0.2, 0.25) is 11.8 Å². The van der Waals surface area contributed by atoms with E-state index in [0.717, 1.165) is 11.1 Å². The highest BCUT2D eigenvalue weighted by Crippen LogP contribution is 2.18. The zero-order valence-electron chi connectivity index (χ0n) is 14.6. The minimum Gasteiger partial charge on any atom is -0.484 e. The third kappa shape index (κ3) is 7.81. The molecule has 0 unspecified atom stereocenters. The molecule has 0 saturated heterocycles. The van der Waals surface area contributed by atoms with Crippen molar-refractivity contribution in [2.75, 3.05) is 11.9 Å². The van der Waals surface area contributed by atoms with Crippen LogP contribution in [0.3, 0.4) is 0 Å². The fraction of sp³-hybridized carbons (Fsp3) is 0.263. The van der Waals surface area contributed by atoms with Crippen LogP contribution in [0.25, 0.3) is 0 Å². The average molecular weight is 380 g/mol. The molecule has 0 saturated carbocycles. The van der Waals surface area contributed by atoms with Gasteiger partial charge in [0.15, 0.2) is 6.61 Å². The molecule has 2 amide bonds. The van der Waals surface area contributed by atoms with Crippen LogP contribution in [0.2, 0.25) is 0 Å². The van der Waals surface area contributed by atoms with Crippen molar-refractivity contribution in [3.05, 3.63) is 59.7 Å². The van der Waals surface area contributed by atoms with Crippen LogP contribution < -0.4 is 15.4 Å². The molecule has 0 heterocycles. The third-order valence-corrected chi connectivity index (χ3v) is 3.45. The predicted molar refractivity (Wildman–Crippen MR) is 94.3 cm³/mol. The van der Waals surface area contributed by atoms with E-state index < -0.39 is 12.8 Å². The van der Waals surface area contributed by atoms with E-state index in [1.54, 1.807) is 36.4 Å². The summed E-state index contributed by atoms with van der Waals surface area (Å²) < 4.78 is 40.9. The first-order valence-corrected chi connectivity index (χ1v) is 8.13. The summed E-state index contributed by atoms with van der Waals surface area (Å²) in [6, 6.07) is 13.0. The lowest BCUT2D eigenvalue weighted by molar-refractivity contribution is -0.153. The molecule has 0 aliphatic rings. The van der Waals surface area contributed by atoms with Gasteiger partial charge in [-0.3, -0.25) is 9.59 Å². The minimum atomic E-state index is -4.38. The fourth-order valence-electron chi connectivity index (χ4n) is 2.23. The van der Waals surface area contributed by atoms with Crippen LogP contribution in [-0.2, 0) is 22.6 Å². The molecule has 5 nitrogen and oxygen atoms in total. The van der Waals surface area contributed by atoms with E-state index in [9.17, 15) is 22.8 Å². The fourth-order valence-corrected chi connectivity index (χ4v) is 2.23. The maximum absolute atomic E-state index is 12.1. The van der Waals surface area contributed by atoms with Crippen molar-refractivity contribution in [3.8, 4) is 5.75 Å². The number of halogens is 3. The summed E-state index contributed by atoms with van der Waals surface area (Å²) in [5, 5.41) is 5.38. The van der Waals surface area contributed by atoms with Gasteiger partial charge in [0, 0.05) is 19.2 Å². The first-order valence-electron chi connectivity index (χ1n) is 8.13. The lowest BCUT2D eigenvalue weighted by atomic mass is 10.1. The highest BCUT2D eigenvalue weighted by atomic mass is 19.4. The number of alkyl halides is 3. The van der Waals surface area contributed by atoms with Crippen LogP contribution >= 0.6 is 0 Å². The van der Waals surface area contributed by atoms with Crippen LogP contribution in [0.1, 0.15) is 18.1 Å². The number of ether oxygens (including phenoxy) is 1. The Kier molecular flexibility index (Phi) is 6.81. The number of hydrogen-bond donors (Lipinski definition) is 2. The van der Waals surface area contributed by atoms with Gasteiger partial charge in [0.25, 0.3) is 0 Å². The summed E-state index contributed by atoms with van der Waals surface area (Å²) in [7, 11) is 0. The van der Waals surface area contributed by atoms with Crippen molar-refractivity contribution in [2.45, 2.75) is 26.1 Å². The highest BCUT2D eigenvalue weighted by Gasteiger charge is 2.28. The van der Waals surface area contributed by atoms with E-state index in [1.807, 2.05) is 0 Å². The average Bonchev–Trinajstić information content (AvgIpc) is 2.60. The normalized spacial score (nSPS) is 11.0. The van der Waals surface area contributed by atoms with Gasteiger partial charge in [-0.15, -0.1) is 0 Å². The number of anilines is 1. The summed E-state index contributed by atoms with van der Waals surface area (Å²) >= 11 is 0. The standard InChI is InChI=1S/C19H19F3N2O3/c1-13(25)24-16-6-2-14(3-7-16)10-18(26)23-11-15-4-8-17(9-5-15)27-12-19(20,21)22/h2-9H,10-12H2,1H3,(H,23,26)(H,24,25). The SMILES string of the molecule is CC(=O)Nc1ccc(CC(=O)NCc2ccc(OCC(F)(F)F)cc2)cc1. The first-order chi connectivity index (χ1) is 12.7. The van der Waals surface area contributed by atoms with Crippen molar-refractivity contribution < 1.29 is 27.5 Å². The molecule has 0 bridgehead atoms. The van der Waals surface area contributed by atoms with Crippen LogP contribution in [-0.4, -0.2) is 24.6 Å². The molecule has 0 aliphatic heterocycles. The molecule has 27 heavy (non-hydrogen) atoms. The Bertz CT molecular complexity index is 772. The summed E-state index contributed by atoms with van der Waals surface area (Å²) in [6.45, 7) is 0.322. The number of benzene rings is 2. The number of nitrogens with one attached hydrogen (secondary N) is 2. The molecule has 0 atom stereocenters. The molecular formula is C19H19F3N2O3. The summed E-state index contributed by atoms with van der Waals surface area (Å²) in [4.78, 5) is 23.0. The largest absolute Gasteiger partial charge is 0.484 e. The summed E-state index contributed by atoms with van der Waals surface area (Å²) in [5.41, 5.74) is 2.18. The molecule has 0 fully saturated rings. The molecule has 2 N–H and O–H groups in total. The van der Waals surface area contributed by atoms with Crippen LogP contribution in [0, 0.1) is 0 Å². The van der Waals surface area contributed by atoms with Crippen LogP contribution in [0.4, 0.5) is 18.9 Å². The molecule has 0 aliphatic carbocycles. The van der Waals surface area contributed by atoms with E-state index in [4.69, 9.17) is 0 Å². The number of amides is 2. The number of carbonyl (C=O) groups excluding carboxylic acids is 2. The smallest absolute Gasteiger partial charge is 0.422 e. The van der Waals surface area contributed by atoms with Gasteiger partial charge in [0.05, 0.1) is 6.42 Å². The second-order valence-corrected chi connectivity index (χ2v) is 5.88. The van der Waals surface area contributed by atoms with Gasteiger partial charge in [-0.05, 0) is 35.4 Å². The number of carbonyl (C=O) groups is 2. The van der Waals surface area contributed by atoms with Crippen LogP contribution in [0.5, 0.6) is 5.75 Å². The molecule has 144 valence electrons. The van der Waals surface area contributed by atoms with Crippen molar-refractivity contribution in [1.29, 1.82) is 0 Å². The molecule has 0 radical (unpaired) electrons. The van der Waals surface area contributed by atoms with Gasteiger partial charge < -0.3 is 15.4 Å². The van der Waals surface area contributed by atoms with Crippen molar-refractivity contribution in [3.63, 3.8) is 0 Å². The van der Waals surface area contributed by atoms with Gasteiger partial charge in [-0.25, -0.2) is 0 Å². The van der Waals surface area contributed by atoms with E-state index in [0.29, 0.717) is 5.69 Å². The molecule has 2 aromatic carbocycles. The Hall–Kier alpha value is -3.03.